The third-order valence-corrected chi connectivity index (χ3v) is 12.4. The van der Waals surface area contributed by atoms with Crippen LogP contribution in [0.5, 0.6) is 0 Å². The van der Waals surface area contributed by atoms with Crippen LogP contribution < -0.4 is 0 Å². The zero-order valence-electron chi connectivity index (χ0n) is 43.1. The molecular formula is C59H108O5. The molecule has 5 nitrogen and oxygen atoms in total. The molecule has 0 aromatic heterocycles. The van der Waals surface area contributed by atoms with Crippen LogP contribution in [0.2, 0.25) is 0 Å². The van der Waals surface area contributed by atoms with Gasteiger partial charge in [-0.15, -0.1) is 0 Å². The van der Waals surface area contributed by atoms with Gasteiger partial charge in [-0.3, -0.25) is 9.59 Å². The van der Waals surface area contributed by atoms with Crippen LogP contribution in [0.4, 0.5) is 0 Å². The zero-order chi connectivity index (χ0) is 46.3. The molecule has 0 aliphatic heterocycles. The fourth-order valence-corrected chi connectivity index (χ4v) is 8.21. The highest BCUT2D eigenvalue weighted by molar-refractivity contribution is 5.70. The van der Waals surface area contributed by atoms with E-state index >= 15 is 0 Å². The average Bonchev–Trinajstić information content (AvgIpc) is 3.30. The maximum absolute atomic E-state index is 12.8. The first kappa shape index (κ1) is 61.9. The summed E-state index contributed by atoms with van der Waals surface area (Å²) < 4.78 is 17.5. The summed E-state index contributed by atoms with van der Waals surface area (Å²) in [5.74, 6) is -0.398. The lowest BCUT2D eigenvalue weighted by Crippen LogP contribution is -2.30. The summed E-state index contributed by atoms with van der Waals surface area (Å²) in [6.45, 7) is 7.75. The van der Waals surface area contributed by atoms with Gasteiger partial charge in [0.2, 0.25) is 0 Å². The average molecular weight is 898 g/mol. The molecule has 0 aromatic carbocycles. The van der Waals surface area contributed by atoms with E-state index < -0.39 is 6.10 Å². The number of carbonyl (C=O) groups excluding carboxylic acids is 2. The predicted octanol–water partition coefficient (Wildman–Crippen LogP) is 19.1. The number of ether oxygens (including phenoxy) is 3. The third-order valence-electron chi connectivity index (χ3n) is 12.4. The highest BCUT2D eigenvalue weighted by Crippen LogP contribution is 2.16. The van der Waals surface area contributed by atoms with E-state index in [1.807, 2.05) is 0 Å². The second-order valence-corrected chi connectivity index (χ2v) is 18.8. The maximum atomic E-state index is 12.8. The first-order valence-electron chi connectivity index (χ1n) is 28.2. The van der Waals surface area contributed by atoms with Crippen molar-refractivity contribution in [3.8, 4) is 0 Å². The van der Waals surface area contributed by atoms with Gasteiger partial charge < -0.3 is 14.2 Å². The van der Waals surface area contributed by atoms with Gasteiger partial charge in [-0.1, -0.05) is 268 Å². The normalized spacial score (nSPS) is 12.5. The molecule has 0 aliphatic carbocycles. The summed E-state index contributed by atoms with van der Waals surface area (Å²) in [6, 6.07) is 0. The molecule has 0 heterocycles. The molecule has 0 bridgehead atoms. The molecule has 1 unspecified atom stereocenters. The van der Waals surface area contributed by atoms with E-state index in [4.69, 9.17) is 14.2 Å². The van der Waals surface area contributed by atoms with Crippen molar-refractivity contribution in [3.63, 3.8) is 0 Å². The first-order chi connectivity index (χ1) is 31.6. The van der Waals surface area contributed by atoms with Gasteiger partial charge in [-0.2, -0.15) is 0 Å². The van der Waals surface area contributed by atoms with Gasteiger partial charge in [-0.25, -0.2) is 0 Å². The van der Waals surface area contributed by atoms with Crippen LogP contribution in [-0.2, 0) is 23.8 Å². The van der Waals surface area contributed by atoms with Crippen molar-refractivity contribution in [2.24, 2.45) is 0 Å². The highest BCUT2D eigenvalue weighted by atomic mass is 16.6. The standard InChI is InChI=1S/C59H108O5/c1-4-7-10-13-16-19-22-24-26-28-30-31-33-35-38-40-43-46-49-52-58(60)63-56-57(64-59(61)53-50-47-44-41-37-21-18-15-12-9-6-3)55-62-54-51-48-45-42-39-36-34-32-29-27-25-23-20-17-14-11-8-5-2/h7,10,16,19,24,26,30-31,57H,4-6,8-9,11-15,17-18,20-23,25,27-29,32-56H2,1-3H3/b10-7-,19-16-,26-24-,31-30-. The van der Waals surface area contributed by atoms with E-state index in [-0.39, 0.29) is 25.2 Å². The number of rotatable bonds is 52. The van der Waals surface area contributed by atoms with Crippen molar-refractivity contribution in [2.45, 2.75) is 297 Å². The largest absolute Gasteiger partial charge is 0.462 e. The molecular weight excluding hydrogens is 789 g/mol. The Balaban J connectivity index is 4.20. The SMILES string of the molecule is CC/C=C\C/C=C\C/C=C\C/C=C\CCCCCCCCC(=O)OCC(COCCCCCCCCCCCCCCCCCCCC)OC(=O)CCCCCCCCCCCCC. The lowest BCUT2D eigenvalue weighted by molar-refractivity contribution is -0.163. The molecule has 0 fully saturated rings. The van der Waals surface area contributed by atoms with Crippen LogP contribution in [0.25, 0.3) is 0 Å². The molecule has 0 aromatic rings. The van der Waals surface area contributed by atoms with E-state index in [9.17, 15) is 9.59 Å². The van der Waals surface area contributed by atoms with Crippen LogP contribution in [0.3, 0.4) is 0 Å². The quantitative estimate of drug-likeness (QED) is 0.0346. The van der Waals surface area contributed by atoms with Gasteiger partial charge in [0, 0.05) is 19.4 Å². The fourth-order valence-electron chi connectivity index (χ4n) is 8.21. The van der Waals surface area contributed by atoms with Crippen molar-refractivity contribution in [3.05, 3.63) is 48.6 Å². The number of hydrogen-bond acceptors (Lipinski definition) is 5. The molecule has 1 atom stereocenters. The second-order valence-electron chi connectivity index (χ2n) is 18.8. The van der Waals surface area contributed by atoms with E-state index in [1.165, 1.54) is 186 Å². The monoisotopic (exact) mass is 897 g/mol. The summed E-state index contributed by atoms with van der Waals surface area (Å²) in [6.07, 6.45) is 68.4. The minimum Gasteiger partial charge on any atom is -0.462 e. The molecule has 0 amide bonds. The maximum Gasteiger partial charge on any atom is 0.306 e. The highest BCUT2D eigenvalue weighted by Gasteiger charge is 2.17. The number of carbonyl (C=O) groups is 2. The topological polar surface area (TPSA) is 61.8 Å². The van der Waals surface area contributed by atoms with Crippen molar-refractivity contribution >= 4 is 11.9 Å². The summed E-state index contributed by atoms with van der Waals surface area (Å²) in [7, 11) is 0. The van der Waals surface area contributed by atoms with Gasteiger partial charge >= 0.3 is 11.9 Å². The molecule has 0 radical (unpaired) electrons. The van der Waals surface area contributed by atoms with Gasteiger partial charge in [0.05, 0.1) is 6.61 Å². The third kappa shape index (κ3) is 52.5. The second kappa shape index (κ2) is 55.2. The predicted molar refractivity (Wildman–Crippen MR) is 279 cm³/mol. The van der Waals surface area contributed by atoms with Crippen molar-refractivity contribution in [2.75, 3.05) is 19.8 Å². The van der Waals surface area contributed by atoms with Crippen molar-refractivity contribution in [1.82, 2.24) is 0 Å². The molecule has 0 saturated heterocycles. The molecule has 374 valence electrons. The summed E-state index contributed by atoms with van der Waals surface area (Å²) in [4.78, 5) is 25.4. The molecule has 64 heavy (non-hydrogen) atoms. The van der Waals surface area contributed by atoms with Crippen LogP contribution in [0.1, 0.15) is 290 Å². The van der Waals surface area contributed by atoms with Crippen molar-refractivity contribution < 1.29 is 23.8 Å². The molecule has 5 heteroatoms. The fraction of sp³-hybridized carbons (Fsp3) is 0.831. The van der Waals surface area contributed by atoms with Crippen LogP contribution in [0.15, 0.2) is 48.6 Å². The smallest absolute Gasteiger partial charge is 0.306 e. The van der Waals surface area contributed by atoms with Gasteiger partial charge in [0.25, 0.3) is 0 Å². The molecule has 0 saturated carbocycles. The number of esters is 2. The summed E-state index contributed by atoms with van der Waals surface area (Å²) in [5, 5.41) is 0. The summed E-state index contributed by atoms with van der Waals surface area (Å²) >= 11 is 0. The van der Waals surface area contributed by atoms with Gasteiger partial charge in [0.1, 0.15) is 6.61 Å². The van der Waals surface area contributed by atoms with E-state index in [0.717, 1.165) is 70.6 Å². The molecule has 0 rings (SSSR count). The number of unbranched alkanes of at least 4 members (excludes halogenated alkanes) is 33. The Kier molecular flexibility index (Phi) is 53.3. The Morgan fingerprint density at radius 3 is 1.12 bits per heavy atom. The first-order valence-corrected chi connectivity index (χ1v) is 28.2. The van der Waals surface area contributed by atoms with E-state index in [2.05, 4.69) is 69.4 Å². The Morgan fingerprint density at radius 2 is 0.703 bits per heavy atom. The number of allylic oxidation sites excluding steroid dienone is 8. The Morgan fingerprint density at radius 1 is 0.359 bits per heavy atom. The minimum absolute atomic E-state index is 0.0826. The molecule has 0 spiro atoms. The lowest BCUT2D eigenvalue weighted by Gasteiger charge is -2.18. The van der Waals surface area contributed by atoms with Gasteiger partial charge in [0.15, 0.2) is 6.10 Å². The van der Waals surface area contributed by atoms with E-state index in [1.54, 1.807) is 0 Å². The minimum atomic E-state index is -0.537. The van der Waals surface area contributed by atoms with Crippen LogP contribution in [-0.4, -0.2) is 37.9 Å². The van der Waals surface area contributed by atoms with E-state index in [0.29, 0.717) is 19.4 Å². The van der Waals surface area contributed by atoms with Crippen molar-refractivity contribution in [1.29, 1.82) is 0 Å². The summed E-state index contributed by atoms with van der Waals surface area (Å²) in [5.41, 5.74) is 0. The Labute approximate surface area is 399 Å². The Bertz CT molecular complexity index is 1060. The molecule has 0 N–H and O–H groups in total. The van der Waals surface area contributed by atoms with Crippen LogP contribution in [0, 0.1) is 0 Å². The Hall–Kier alpha value is -2.14. The number of hydrogen-bond donors (Lipinski definition) is 0. The lowest BCUT2D eigenvalue weighted by atomic mass is 10.0. The van der Waals surface area contributed by atoms with Crippen LogP contribution >= 0.6 is 0 Å². The van der Waals surface area contributed by atoms with Gasteiger partial charge in [-0.05, 0) is 57.8 Å². The zero-order valence-corrected chi connectivity index (χ0v) is 43.1. The molecule has 0 aliphatic rings.